The first-order chi connectivity index (χ1) is 11.7. The molecule has 24 heavy (non-hydrogen) atoms. The van der Waals surface area contributed by atoms with Crippen LogP contribution in [0.3, 0.4) is 0 Å². The summed E-state index contributed by atoms with van der Waals surface area (Å²) in [4.78, 5) is 12.6. The fraction of sp³-hybridized carbons (Fsp3) is 0.474. The van der Waals surface area contributed by atoms with E-state index < -0.39 is 0 Å². The average Bonchev–Trinajstić information content (AvgIpc) is 3.27. The first kappa shape index (κ1) is 15.7. The van der Waals surface area contributed by atoms with Crippen molar-refractivity contribution in [2.24, 2.45) is 5.92 Å². The molecule has 0 saturated heterocycles. The summed E-state index contributed by atoms with van der Waals surface area (Å²) in [5, 5.41) is 8.29. The molecule has 2 atom stereocenters. The molecule has 4 rings (SSSR count). The minimum Gasteiger partial charge on any atom is -0.311 e. The minimum atomic E-state index is 0.0135. The normalized spacial score (nSPS) is 23.9. The summed E-state index contributed by atoms with van der Waals surface area (Å²) in [5.41, 5.74) is 1.08. The van der Waals surface area contributed by atoms with Gasteiger partial charge in [-0.25, -0.2) is 4.68 Å². The van der Waals surface area contributed by atoms with E-state index in [9.17, 15) is 4.79 Å². The Morgan fingerprint density at radius 1 is 1.17 bits per heavy atom. The predicted octanol–water partition coefficient (Wildman–Crippen LogP) is 4.78. The van der Waals surface area contributed by atoms with Gasteiger partial charge in [0.05, 0.1) is 12.2 Å². The number of hydrogen-bond acceptors (Lipinski definition) is 2. The fourth-order valence-corrected chi connectivity index (χ4v) is 4.13. The molecule has 1 aromatic heterocycles. The number of carbonyl (C=O) groups is 1. The summed E-state index contributed by atoms with van der Waals surface area (Å²) >= 11 is 6.25. The van der Waals surface area contributed by atoms with Crippen LogP contribution in [0.2, 0.25) is 5.02 Å². The Morgan fingerprint density at radius 2 is 1.96 bits per heavy atom. The number of benzene rings is 1. The Kier molecular flexibility index (Phi) is 4.31. The molecule has 2 aliphatic carbocycles. The smallest absolute Gasteiger partial charge is 0.229 e. The number of aromatic nitrogens is 2. The second-order valence-electron chi connectivity index (χ2n) is 6.91. The lowest BCUT2D eigenvalue weighted by atomic mass is 9.96. The molecule has 2 unspecified atom stereocenters. The van der Waals surface area contributed by atoms with Gasteiger partial charge >= 0.3 is 0 Å². The molecule has 1 aromatic carbocycles. The SMILES string of the molecule is O=C(Nc1ccnn1C1CCCCC1)C1CC1c1ccccc1Cl. The molecule has 2 fully saturated rings. The van der Waals surface area contributed by atoms with E-state index in [0.29, 0.717) is 6.04 Å². The maximum Gasteiger partial charge on any atom is 0.229 e. The van der Waals surface area contributed by atoms with E-state index in [1.165, 1.54) is 19.3 Å². The molecule has 4 nitrogen and oxygen atoms in total. The van der Waals surface area contributed by atoms with Gasteiger partial charge in [-0.15, -0.1) is 0 Å². The zero-order chi connectivity index (χ0) is 16.5. The molecule has 126 valence electrons. The van der Waals surface area contributed by atoms with E-state index >= 15 is 0 Å². The monoisotopic (exact) mass is 343 g/mol. The molecule has 1 amide bonds. The molecule has 5 heteroatoms. The van der Waals surface area contributed by atoms with Gasteiger partial charge < -0.3 is 5.32 Å². The third-order valence-electron chi connectivity index (χ3n) is 5.27. The summed E-state index contributed by atoms with van der Waals surface area (Å²) in [7, 11) is 0. The van der Waals surface area contributed by atoms with Crippen LogP contribution < -0.4 is 5.32 Å². The van der Waals surface area contributed by atoms with Crippen LogP contribution in [0, 0.1) is 5.92 Å². The van der Waals surface area contributed by atoms with Gasteiger partial charge in [0.2, 0.25) is 5.91 Å². The highest BCUT2D eigenvalue weighted by Gasteiger charge is 2.45. The third kappa shape index (κ3) is 3.07. The Balaban J connectivity index is 1.43. The van der Waals surface area contributed by atoms with E-state index in [2.05, 4.69) is 10.4 Å². The van der Waals surface area contributed by atoms with E-state index in [0.717, 1.165) is 35.7 Å². The Bertz CT molecular complexity index is 736. The van der Waals surface area contributed by atoms with E-state index in [4.69, 9.17) is 11.6 Å². The number of carbonyl (C=O) groups excluding carboxylic acids is 1. The van der Waals surface area contributed by atoms with Gasteiger partial charge in [0.25, 0.3) is 0 Å². The number of nitrogens with one attached hydrogen (secondary N) is 1. The van der Waals surface area contributed by atoms with Crippen molar-refractivity contribution in [1.82, 2.24) is 9.78 Å². The molecule has 2 saturated carbocycles. The van der Waals surface area contributed by atoms with Crippen LogP contribution in [-0.4, -0.2) is 15.7 Å². The van der Waals surface area contributed by atoms with E-state index in [-0.39, 0.29) is 17.7 Å². The third-order valence-corrected chi connectivity index (χ3v) is 5.62. The molecule has 0 radical (unpaired) electrons. The minimum absolute atomic E-state index is 0.0135. The van der Waals surface area contributed by atoms with Crippen molar-refractivity contribution >= 4 is 23.3 Å². The Hall–Kier alpha value is -1.81. The van der Waals surface area contributed by atoms with Gasteiger partial charge in [0.15, 0.2) is 0 Å². The van der Waals surface area contributed by atoms with Gasteiger partial charge in [-0.3, -0.25) is 4.79 Å². The zero-order valence-corrected chi connectivity index (χ0v) is 14.4. The van der Waals surface area contributed by atoms with E-state index in [1.807, 2.05) is 35.0 Å². The van der Waals surface area contributed by atoms with Gasteiger partial charge in [0, 0.05) is 17.0 Å². The number of halogens is 1. The number of hydrogen-bond donors (Lipinski definition) is 1. The Labute approximate surface area is 147 Å². The van der Waals surface area contributed by atoms with Crippen LogP contribution in [0.1, 0.15) is 56.0 Å². The van der Waals surface area contributed by atoms with Crippen molar-refractivity contribution in [2.45, 2.75) is 50.5 Å². The quantitative estimate of drug-likeness (QED) is 0.868. The summed E-state index contributed by atoms with van der Waals surface area (Å²) in [6, 6.07) is 10.1. The summed E-state index contributed by atoms with van der Waals surface area (Å²) < 4.78 is 2.00. The lowest BCUT2D eigenvalue weighted by Crippen LogP contribution is -2.21. The predicted molar refractivity (Wildman–Crippen MR) is 95.3 cm³/mol. The molecule has 1 heterocycles. The molecule has 1 N–H and O–H groups in total. The number of amides is 1. The van der Waals surface area contributed by atoms with Crippen LogP contribution in [-0.2, 0) is 4.79 Å². The van der Waals surface area contributed by atoms with Crippen LogP contribution in [0.15, 0.2) is 36.5 Å². The van der Waals surface area contributed by atoms with E-state index in [1.54, 1.807) is 6.20 Å². The lowest BCUT2D eigenvalue weighted by molar-refractivity contribution is -0.117. The topological polar surface area (TPSA) is 46.9 Å². The van der Waals surface area contributed by atoms with Gasteiger partial charge in [0.1, 0.15) is 5.82 Å². The summed E-state index contributed by atoms with van der Waals surface area (Å²) in [5.74, 6) is 1.17. The van der Waals surface area contributed by atoms with Crippen LogP contribution in [0.4, 0.5) is 5.82 Å². The van der Waals surface area contributed by atoms with Crippen molar-refractivity contribution in [2.75, 3.05) is 5.32 Å². The standard InChI is InChI=1S/C19H22ClN3O/c20-17-9-5-4-8-14(17)15-12-16(15)19(24)22-18-10-11-21-23(18)13-6-2-1-3-7-13/h4-5,8-11,13,15-16H,1-3,6-7,12H2,(H,22,24). The number of rotatable bonds is 4. The molecule has 0 aliphatic heterocycles. The molecule has 0 bridgehead atoms. The highest BCUT2D eigenvalue weighted by atomic mass is 35.5. The van der Waals surface area contributed by atoms with Crippen molar-refractivity contribution in [1.29, 1.82) is 0 Å². The van der Waals surface area contributed by atoms with Gasteiger partial charge in [-0.2, -0.15) is 5.10 Å². The van der Waals surface area contributed by atoms with Crippen molar-refractivity contribution in [3.63, 3.8) is 0 Å². The largest absolute Gasteiger partial charge is 0.311 e. The van der Waals surface area contributed by atoms with Crippen LogP contribution in [0.25, 0.3) is 0 Å². The first-order valence-electron chi connectivity index (χ1n) is 8.83. The maximum atomic E-state index is 12.6. The summed E-state index contributed by atoms with van der Waals surface area (Å²) in [6.45, 7) is 0. The molecule has 0 spiro atoms. The van der Waals surface area contributed by atoms with Crippen LogP contribution in [0.5, 0.6) is 0 Å². The Morgan fingerprint density at radius 3 is 2.75 bits per heavy atom. The molecule has 2 aromatic rings. The molecular weight excluding hydrogens is 322 g/mol. The fourth-order valence-electron chi connectivity index (χ4n) is 3.85. The van der Waals surface area contributed by atoms with Gasteiger partial charge in [-0.05, 0) is 36.8 Å². The second-order valence-corrected chi connectivity index (χ2v) is 7.32. The molecular formula is C19H22ClN3O. The highest BCUT2D eigenvalue weighted by Crippen LogP contribution is 2.50. The lowest BCUT2D eigenvalue weighted by Gasteiger charge is -2.23. The van der Waals surface area contributed by atoms with Crippen LogP contribution >= 0.6 is 11.6 Å². The first-order valence-corrected chi connectivity index (χ1v) is 9.20. The summed E-state index contributed by atoms with van der Waals surface area (Å²) in [6.07, 6.45) is 8.74. The van der Waals surface area contributed by atoms with Gasteiger partial charge in [-0.1, -0.05) is 49.1 Å². The highest BCUT2D eigenvalue weighted by molar-refractivity contribution is 6.31. The average molecular weight is 344 g/mol. The second kappa shape index (κ2) is 6.60. The zero-order valence-electron chi connectivity index (χ0n) is 13.6. The number of nitrogens with zero attached hydrogens (tertiary/aromatic N) is 2. The van der Waals surface area contributed by atoms with Crippen molar-refractivity contribution in [3.05, 3.63) is 47.1 Å². The van der Waals surface area contributed by atoms with Crippen molar-refractivity contribution in [3.8, 4) is 0 Å². The maximum absolute atomic E-state index is 12.6. The molecule has 2 aliphatic rings. The van der Waals surface area contributed by atoms with Crippen molar-refractivity contribution < 1.29 is 4.79 Å². The number of anilines is 1.